The summed E-state index contributed by atoms with van der Waals surface area (Å²) in [6, 6.07) is 7.34. The van der Waals surface area contributed by atoms with Crippen molar-refractivity contribution in [1.29, 1.82) is 0 Å². The van der Waals surface area contributed by atoms with Crippen LogP contribution in [0.1, 0.15) is 50.8 Å². The van der Waals surface area contributed by atoms with Crippen LogP contribution in [-0.4, -0.2) is 39.2 Å². The van der Waals surface area contributed by atoms with Crippen molar-refractivity contribution >= 4 is 5.97 Å². The van der Waals surface area contributed by atoms with Gasteiger partial charge in [-0.1, -0.05) is 32.9 Å². The van der Waals surface area contributed by atoms with Crippen LogP contribution >= 0.6 is 0 Å². The van der Waals surface area contributed by atoms with Crippen LogP contribution in [0, 0.1) is 0 Å². The summed E-state index contributed by atoms with van der Waals surface area (Å²) in [6.45, 7) is 9.70. The first kappa shape index (κ1) is 21.7. The summed E-state index contributed by atoms with van der Waals surface area (Å²) in [4.78, 5) is 18.0. The Bertz CT molecular complexity index is 785. The van der Waals surface area contributed by atoms with E-state index >= 15 is 0 Å². The van der Waals surface area contributed by atoms with Crippen molar-refractivity contribution < 1.29 is 19.7 Å². The Balaban J connectivity index is 2.25. The van der Waals surface area contributed by atoms with Crippen LogP contribution in [0.5, 0.6) is 11.5 Å². The lowest BCUT2D eigenvalue weighted by Gasteiger charge is -2.25. The monoisotopic (exact) mass is 386 g/mol. The minimum absolute atomic E-state index is 0.125. The summed E-state index contributed by atoms with van der Waals surface area (Å²) in [5.74, 6) is -0.510. The van der Waals surface area contributed by atoms with E-state index in [1.54, 1.807) is 25.4 Å². The number of aromatic hydroxyl groups is 2. The number of rotatable bonds is 8. The van der Waals surface area contributed by atoms with Gasteiger partial charge in [0.15, 0.2) is 11.5 Å². The number of hydrogen-bond acceptors (Lipinski definition) is 6. The topological polar surface area (TPSA) is 82.9 Å². The number of hydrogen-bond donors (Lipinski definition) is 2. The lowest BCUT2D eigenvalue weighted by Crippen LogP contribution is -2.26. The maximum Gasteiger partial charge on any atom is 0.307 e. The van der Waals surface area contributed by atoms with Crippen molar-refractivity contribution in [3.8, 4) is 11.5 Å². The number of phenols is 2. The Morgan fingerprint density at radius 1 is 1.21 bits per heavy atom. The van der Waals surface area contributed by atoms with E-state index in [1.165, 1.54) is 0 Å². The number of esters is 1. The van der Waals surface area contributed by atoms with Crippen LogP contribution in [0.25, 0.3) is 0 Å². The number of nitrogens with zero attached hydrogens (tertiary/aromatic N) is 2. The third-order valence-electron chi connectivity index (χ3n) is 4.50. The zero-order valence-corrected chi connectivity index (χ0v) is 17.1. The number of carbonyl (C=O) groups excluding carboxylic acids is 1. The number of pyridine rings is 1. The SMILES string of the molecule is CCOC(=O)CCN(Cc1cccnc1)Cc1cc(C(C)(C)C)cc(O)c1O. The molecule has 2 rings (SSSR count). The third kappa shape index (κ3) is 6.23. The molecule has 0 aliphatic rings. The minimum Gasteiger partial charge on any atom is -0.504 e. The molecule has 0 radical (unpaired) electrons. The van der Waals surface area contributed by atoms with Crippen LogP contribution in [0.4, 0.5) is 0 Å². The molecule has 1 aromatic carbocycles. The van der Waals surface area contributed by atoms with E-state index in [2.05, 4.69) is 25.8 Å². The van der Waals surface area contributed by atoms with Gasteiger partial charge in [0.25, 0.3) is 0 Å². The quantitative estimate of drug-likeness (QED) is 0.531. The maximum atomic E-state index is 11.8. The predicted octanol–water partition coefficient (Wildman–Crippen LogP) is 3.75. The summed E-state index contributed by atoms with van der Waals surface area (Å²) in [5, 5.41) is 20.6. The molecule has 0 spiro atoms. The van der Waals surface area contributed by atoms with Crippen LogP contribution in [-0.2, 0) is 28.0 Å². The first-order chi connectivity index (χ1) is 13.2. The van der Waals surface area contributed by atoms with E-state index in [-0.39, 0.29) is 29.3 Å². The lowest BCUT2D eigenvalue weighted by molar-refractivity contribution is -0.143. The molecule has 0 aliphatic heterocycles. The van der Waals surface area contributed by atoms with Gasteiger partial charge < -0.3 is 14.9 Å². The summed E-state index contributed by atoms with van der Waals surface area (Å²) in [5.41, 5.74) is 2.39. The standard InChI is InChI=1S/C22H30N2O4/c1-5-28-20(26)8-10-24(14-16-7-6-9-23-13-16)15-17-11-18(22(2,3)4)12-19(25)21(17)27/h6-7,9,11-13,25,27H,5,8,10,14-15H2,1-4H3. The summed E-state index contributed by atoms with van der Waals surface area (Å²) in [6.07, 6.45) is 3.74. The van der Waals surface area contributed by atoms with Crippen LogP contribution in [0.15, 0.2) is 36.7 Å². The molecular weight excluding hydrogens is 356 g/mol. The van der Waals surface area contributed by atoms with Crippen LogP contribution in [0.2, 0.25) is 0 Å². The summed E-state index contributed by atoms with van der Waals surface area (Å²) < 4.78 is 5.03. The maximum absolute atomic E-state index is 11.8. The molecule has 0 atom stereocenters. The first-order valence-corrected chi connectivity index (χ1v) is 9.53. The van der Waals surface area contributed by atoms with E-state index in [9.17, 15) is 15.0 Å². The van der Waals surface area contributed by atoms with Gasteiger partial charge in [-0.2, -0.15) is 0 Å². The van der Waals surface area contributed by atoms with Gasteiger partial charge in [-0.3, -0.25) is 14.7 Å². The second-order valence-corrected chi connectivity index (χ2v) is 7.88. The van der Waals surface area contributed by atoms with Crippen molar-refractivity contribution in [2.75, 3.05) is 13.2 Å². The summed E-state index contributed by atoms with van der Waals surface area (Å²) in [7, 11) is 0. The molecule has 0 aliphatic carbocycles. The Kier molecular flexibility index (Phi) is 7.40. The molecule has 28 heavy (non-hydrogen) atoms. The minimum atomic E-state index is -0.255. The highest BCUT2D eigenvalue weighted by Gasteiger charge is 2.20. The Morgan fingerprint density at radius 3 is 2.57 bits per heavy atom. The first-order valence-electron chi connectivity index (χ1n) is 9.53. The van der Waals surface area contributed by atoms with Crippen molar-refractivity contribution in [1.82, 2.24) is 9.88 Å². The van der Waals surface area contributed by atoms with E-state index in [0.717, 1.165) is 11.1 Å². The molecule has 2 N–H and O–H groups in total. The zero-order chi connectivity index (χ0) is 20.7. The highest BCUT2D eigenvalue weighted by Crippen LogP contribution is 2.36. The van der Waals surface area contributed by atoms with E-state index in [1.807, 2.05) is 23.1 Å². The molecule has 1 heterocycles. The number of carbonyl (C=O) groups is 1. The van der Waals surface area contributed by atoms with Crippen molar-refractivity contribution in [3.05, 3.63) is 53.3 Å². The average molecular weight is 386 g/mol. The number of ether oxygens (including phenoxy) is 1. The second-order valence-electron chi connectivity index (χ2n) is 7.88. The normalized spacial score (nSPS) is 11.6. The van der Waals surface area contributed by atoms with Crippen LogP contribution in [0.3, 0.4) is 0 Å². The molecule has 1 aromatic heterocycles. The largest absolute Gasteiger partial charge is 0.504 e. The van der Waals surface area contributed by atoms with Gasteiger partial charge in [0.05, 0.1) is 13.0 Å². The molecule has 2 aromatic rings. The van der Waals surface area contributed by atoms with E-state index in [0.29, 0.717) is 31.8 Å². The molecule has 6 nitrogen and oxygen atoms in total. The van der Waals surface area contributed by atoms with Crippen LogP contribution < -0.4 is 0 Å². The Hall–Kier alpha value is -2.60. The highest BCUT2D eigenvalue weighted by molar-refractivity contribution is 5.69. The molecule has 0 bridgehead atoms. The molecule has 152 valence electrons. The van der Waals surface area contributed by atoms with Gasteiger partial charge in [-0.25, -0.2) is 0 Å². The molecular formula is C22H30N2O4. The zero-order valence-electron chi connectivity index (χ0n) is 17.1. The lowest BCUT2D eigenvalue weighted by atomic mass is 9.85. The number of phenolic OH excluding ortho intramolecular Hbond substituents is 2. The third-order valence-corrected chi connectivity index (χ3v) is 4.50. The van der Waals surface area contributed by atoms with E-state index < -0.39 is 0 Å². The number of benzene rings is 1. The fraction of sp³-hybridized carbons (Fsp3) is 0.455. The van der Waals surface area contributed by atoms with Gasteiger partial charge >= 0.3 is 5.97 Å². The smallest absolute Gasteiger partial charge is 0.307 e. The van der Waals surface area contributed by atoms with Crippen molar-refractivity contribution in [2.24, 2.45) is 0 Å². The van der Waals surface area contributed by atoms with Crippen molar-refractivity contribution in [3.63, 3.8) is 0 Å². The predicted molar refractivity (Wildman–Crippen MR) is 108 cm³/mol. The molecule has 0 unspecified atom stereocenters. The van der Waals surface area contributed by atoms with Gasteiger partial charge in [0.2, 0.25) is 0 Å². The molecule has 0 saturated heterocycles. The van der Waals surface area contributed by atoms with Crippen molar-refractivity contribution in [2.45, 2.75) is 52.6 Å². The molecule has 6 heteroatoms. The summed E-state index contributed by atoms with van der Waals surface area (Å²) >= 11 is 0. The molecule has 0 saturated carbocycles. The molecule has 0 fully saturated rings. The van der Waals surface area contributed by atoms with E-state index in [4.69, 9.17) is 4.74 Å². The van der Waals surface area contributed by atoms with Gasteiger partial charge in [0.1, 0.15) is 0 Å². The number of aromatic nitrogens is 1. The Labute approximate surface area is 166 Å². The fourth-order valence-corrected chi connectivity index (χ4v) is 2.92. The van der Waals surface area contributed by atoms with Gasteiger partial charge in [-0.15, -0.1) is 0 Å². The second kappa shape index (κ2) is 9.55. The Morgan fingerprint density at radius 2 is 1.96 bits per heavy atom. The fourth-order valence-electron chi connectivity index (χ4n) is 2.92. The van der Waals surface area contributed by atoms with Gasteiger partial charge in [0, 0.05) is 37.6 Å². The van der Waals surface area contributed by atoms with Gasteiger partial charge in [-0.05, 0) is 35.6 Å². The average Bonchev–Trinajstić information content (AvgIpc) is 2.63. The molecule has 0 amide bonds. The highest BCUT2D eigenvalue weighted by atomic mass is 16.5.